The summed E-state index contributed by atoms with van der Waals surface area (Å²) in [4.78, 5) is 12.9. The van der Waals surface area contributed by atoms with Gasteiger partial charge in [-0.1, -0.05) is 48.5 Å². The molecular weight excluding hydrogens is 376 g/mol. The number of nitrogens with one attached hydrogen (secondary N) is 1. The number of nitrogens with zero attached hydrogens (tertiary/aromatic N) is 1. The van der Waals surface area contributed by atoms with Crippen LogP contribution in [-0.2, 0) is 14.8 Å². The van der Waals surface area contributed by atoms with Crippen molar-refractivity contribution in [2.45, 2.75) is 13.0 Å². The second-order valence-electron chi connectivity index (χ2n) is 6.52. The maximum absolute atomic E-state index is 12.9. The third-order valence-corrected chi connectivity index (χ3v) is 6.52. The predicted octanol–water partition coefficient (Wildman–Crippen LogP) is 3.40. The number of carbonyl (C=O) groups is 1. The molecule has 0 fully saturated rings. The second kappa shape index (κ2) is 7.16. The van der Waals surface area contributed by atoms with Crippen LogP contribution in [-0.4, -0.2) is 32.7 Å². The summed E-state index contributed by atoms with van der Waals surface area (Å²) >= 11 is 0. The van der Waals surface area contributed by atoms with Gasteiger partial charge < -0.3 is 10.1 Å². The van der Waals surface area contributed by atoms with Gasteiger partial charge in [0.15, 0.2) is 6.10 Å². The summed E-state index contributed by atoms with van der Waals surface area (Å²) in [6, 6.07) is 20.2. The van der Waals surface area contributed by atoms with Gasteiger partial charge in [0.2, 0.25) is 10.0 Å². The van der Waals surface area contributed by atoms with Gasteiger partial charge >= 0.3 is 0 Å². The van der Waals surface area contributed by atoms with Gasteiger partial charge in [-0.25, -0.2) is 8.42 Å². The highest BCUT2D eigenvalue weighted by Gasteiger charge is 2.36. The number of fused-ring (bicyclic) bond motifs is 2. The molecule has 6 nitrogen and oxygen atoms in total. The largest absolute Gasteiger partial charge is 0.476 e. The van der Waals surface area contributed by atoms with Gasteiger partial charge in [0.1, 0.15) is 5.75 Å². The molecule has 1 heterocycles. The number of rotatable bonds is 4. The van der Waals surface area contributed by atoms with E-state index in [1.807, 2.05) is 42.5 Å². The molecule has 0 spiro atoms. The summed E-state index contributed by atoms with van der Waals surface area (Å²) in [6.45, 7) is 1.52. The molecule has 0 saturated carbocycles. The third-order valence-electron chi connectivity index (χ3n) is 4.78. The van der Waals surface area contributed by atoms with E-state index in [4.69, 9.17) is 4.74 Å². The lowest BCUT2D eigenvalue weighted by atomic mass is 10.1. The fourth-order valence-electron chi connectivity index (χ4n) is 3.31. The Bertz CT molecular complexity index is 1140. The quantitative estimate of drug-likeness (QED) is 0.733. The third kappa shape index (κ3) is 3.29. The number of carbonyl (C=O) groups excluding carboxylic acids is 1. The van der Waals surface area contributed by atoms with E-state index in [0.29, 0.717) is 17.1 Å². The molecule has 0 saturated heterocycles. The molecule has 3 aromatic rings. The Kier molecular flexibility index (Phi) is 4.68. The van der Waals surface area contributed by atoms with E-state index in [1.54, 1.807) is 31.2 Å². The van der Waals surface area contributed by atoms with Crippen molar-refractivity contribution in [3.63, 3.8) is 0 Å². The Labute approximate surface area is 163 Å². The van der Waals surface area contributed by atoms with Gasteiger partial charge in [0, 0.05) is 11.1 Å². The van der Waals surface area contributed by atoms with Crippen molar-refractivity contribution < 1.29 is 17.9 Å². The molecule has 0 aromatic heterocycles. The lowest BCUT2D eigenvalue weighted by Crippen LogP contribution is -2.49. The minimum atomic E-state index is -3.54. The summed E-state index contributed by atoms with van der Waals surface area (Å²) in [5.74, 6) is -0.0649. The van der Waals surface area contributed by atoms with E-state index in [2.05, 4.69) is 5.32 Å². The summed E-state index contributed by atoms with van der Waals surface area (Å²) in [5.41, 5.74) is 1.12. The second-order valence-corrected chi connectivity index (χ2v) is 8.70. The standard InChI is InChI=1S/C21H20N2O4S/c1-2-28(25,26)23-14-20(27-19-13-6-5-12-18(19)23)21(24)22-17-11-7-9-15-8-3-4-10-16(15)17/h3-13,20H,2,14H2,1H3,(H,22,24). The molecule has 0 bridgehead atoms. The monoisotopic (exact) mass is 396 g/mol. The van der Waals surface area contributed by atoms with Crippen LogP contribution in [0.3, 0.4) is 0 Å². The molecule has 144 valence electrons. The van der Waals surface area contributed by atoms with Crippen LogP contribution in [0.4, 0.5) is 11.4 Å². The molecule has 1 N–H and O–H groups in total. The van der Waals surface area contributed by atoms with Crippen LogP contribution in [0.15, 0.2) is 66.7 Å². The molecule has 7 heteroatoms. The summed E-state index contributed by atoms with van der Waals surface area (Å²) < 4.78 is 32.2. The Hall–Kier alpha value is -3.06. The molecule has 1 amide bonds. The van der Waals surface area contributed by atoms with Crippen molar-refractivity contribution in [2.24, 2.45) is 0 Å². The number of sulfonamides is 1. The number of para-hydroxylation sites is 2. The van der Waals surface area contributed by atoms with Crippen molar-refractivity contribution in [1.82, 2.24) is 0 Å². The molecular formula is C21H20N2O4S. The topological polar surface area (TPSA) is 75.7 Å². The summed E-state index contributed by atoms with van der Waals surface area (Å²) in [6.07, 6.45) is -0.949. The molecule has 0 radical (unpaired) electrons. The van der Waals surface area contributed by atoms with Gasteiger partial charge in [-0.15, -0.1) is 0 Å². The molecule has 4 rings (SSSR count). The lowest BCUT2D eigenvalue weighted by Gasteiger charge is -2.34. The first-order chi connectivity index (χ1) is 13.5. The zero-order chi connectivity index (χ0) is 19.7. The first-order valence-electron chi connectivity index (χ1n) is 9.04. The molecule has 1 aliphatic rings. The van der Waals surface area contributed by atoms with Crippen molar-refractivity contribution in [1.29, 1.82) is 0 Å². The molecule has 3 aromatic carbocycles. The summed E-state index contributed by atoms with van der Waals surface area (Å²) in [5, 5.41) is 4.80. The van der Waals surface area contributed by atoms with E-state index in [0.717, 1.165) is 10.8 Å². The average molecular weight is 396 g/mol. The zero-order valence-corrected chi connectivity index (χ0v) is 16.1. The van der Waals surface area contributed by atoms with Crippen LogP contribution in [0.5, 0.6) is 5.75 Å². The van der Waals surface area contributed by atoms with Gasteiger partial charge in [0.25, 0.3) is 5.91 Å². The van der Waals surface area contributed by atoms with Crippen molar-refractivity contribution in [3.8, 4) is 5.75 Å². The first-order valence-corrected chi connectivity index (χ1v) is 10.7. The number of hydrogen-bond donors (Lipinski definition) is 1. The van der Waals surface area contributed by atoms with Crippen LogP contribution < -0.4 is 14.4 Å². The van der Waals surface area contributed by atoms with E-state index >= 15 is 0 Å². The van der Waals surface area contributed by atoms with Crippen LogP contribution in [0, 0.1) is 0 Å². The van der Waals surface area contributed by atoms with Gasteiger partial charge in [-0.2, -0.15) is 0 Å². The lowest BCUT2D eigenvalue weighted by molar-refractivity contribution is -0.122. The Balaban J connectivity index is 1.65. The maximum atomic E-state index is 12.9. The highest BCUT2D eigenvalue weighted by molar-refractivity contribution is 7.92. The fourth-order valence-corrected chi connectivity index (χ4v) is 4.43. The SMILES string of the molecule is CCS(=O)(=O)N1CC(C(=O)Nc2cccc3ccccc23)Oc2ccccc21. The number of amides is 1. The Morgan fingerprint density at radius 1 is 1.07 bits per heavy atom. The maximum Gasteiger partial charge on any atom is 0.267 e. The summed E-state index contributed by atoms with van der Waals surface area (Å²) in [7, 11) is -3.54. The predicted molar refractivity (Wildman–Crippen MR) is 110 cm³/mol. The normalized spacial score (nSPS) is 16.3. The smallest absolute Gasteiger partial charge is 0.267 e. The van der Waals surface area contributed by atoms with E-state index in [1.165, 1.54) is 4.31 Å². The molecule has 1 unspecified atom stereocenters. The van der Waals surface area contributed by atoms with Gasteiger partial charge in [-0.3, -0.25) is 9.10 Å². The van der Waals surface area contributed by atoms with Gasteiger partial charge in [0.05, 0.1) is 18.0 Å². The highest BCUT2D eigenvalue weighted by atomic mass is 32.2. The van der Waals surface area contributed by atoms with Crippen molar-refractivity contribution in [2.75, 3.05) is 21.9 Å². The molecule has 28 heavy (non-hydrogen) atoms. The molecule has 0 aliphatic carbocycles. The minimum Gasteiger partial charge on any atom is -0.476 e. The minimum absolute atomic E-state index is 0.0566. The van der Waals surface area contributed by atoms with Crippen LogP contribution in [0.1, 0.15) is 6.92 Å². The average Bonchev–Trinajstić information content (AvgIpc) is 2.73. The van der Waals surface area contributed by atoms with Crippen LogP contribution in [0.25, 0.3) is 10.8 Å². The Morgan fingerprint density at radius 3 is 2.61 bits per heavy atom. The zero-order valence-electron chi connectivity index (χ0n) is 15.3. The van der Waals surface area contributed by atoms with Crippen molar-refractivity contribution in [3.05, 3.63) is 66.7 Å². The number of benzene rings is 3. The molecule has 1 aliphatic heterocycles. The first kappa shape index (κ1) is 18.3. The number of hydrogen-bond acceptors (Lipinski definition) is 4. The highest BCUT2D eigenvalue weighted by Crippen LogP contribution is 2.35. The van der Waals surface area contributed by atoms with Crippen LogP contribution in [0.2, 0.25) is 0 Å². The number of anilines is 2. The fraction of sp³-hybridized carbons (Fsp3) is 0.190. The van der Waals surface area contributed by atoms with Gasteiger partial charge in [-0.05, 0) is 30.5 Å². The number of ether oxygens (including phenoxy) is 1. The molecule has 1 atom stereocenters. The van der Waals surface area contributed by atoms with Crippen molar-refractivity contribution >= 4 is 38.1 Å². The van der Waals surface area contributed by atoms with E-state index < -0.39 is 16.1 Å². The van der Waals surface area contributed by atoms with Crippen LogP contribution >= 0.6 is 0 Å². The van der Waals surface area contributed by atoms with E-state index in [9.17, 15) is 13.2 Å². The van der Waals surface area contributed by atoms with E-state index in [-0.39, 0.29) is 18.2 Å². The Morgan fingerprint density at radius 2 is 1.79 bits per heavy atom.